The molecule has 0 N–H and O–H groups in total. The van der Waals surface area contributed by atoms with Gasteiger partial charge in [0.05, 0.1) is 12.8 Å². The normalized spacial score (nSPS) is 9.64. The number of nitrogens with zero attached hydrogens (tertiary/aromatic N) is 1. The van der Waals surface area contributed by atoms with Crippen molar-refractivity contribution in [2.45, 2.75) is 13.3 Å². The van der Waals surface area contributed by atoms with E-state index in [1.54, 1.807) is 0 Å². The average molecular weight is 155 g/mol. The van der Waals surface area contributed by atoms with E-state index in [2.05, 4.69) is 4.98 Å². The molecule has 0 atom stereocenters. The van der Waals surface area contributed by atoms with Gasteiger partial charge in [0, 0.05) is 6.07 Å². The predicted octanol–water partition coefficient (Wildman–Crippen LogP) is 2.01. The SMILES string of the molecule is CCCOc1ccc(F)cn1. The molecule has 0 radical (unpaired) electrons. The fourth-order valence-corrected chi connectivity index (χ4v) is 0.654. The lowest BCUT2D eigenvalue weighted by Gasteiger charge is -2.00. The van der Waals surface area contributed by atoms with Crippen molar-refractivity contribution in [1.29, 1.82) is 0 Å². The largest absolute Gasteiger partial charge is 0.478 e. The Morgan fingerprint density at radius 2 is 2.36 bits per heavy atom. The van der Waals surface area contributed by atoms with Gasteiger partial charge in [-0.2, -0.15) is 0 Å². The number of halogens is 1. The summed E-state index contributed by atoms with van der Waals surface area (Å²) in [7, 11) is 0. The van der Waals surface area contributed by atoms with Crippen LogP contribution < -0.4 is 4.74 Å². The molecule has 0 bridgehead atoms. The maximum atomic E-state index is 12.3. The van der Waals surface area contributed by atoms with E-state index in [1.165, 1.54) is 12.1 Å². The van der Waals surface area contributed by atoms with E-state index in [0.29, 0.717) is 12.5 Å². The van der Waals surface area contributed by atoms with Crippen molar-refractivity contribution in [3.8, 4) is 5.88 Å². The Morgan fingerprint density at radius 3 is 2.91 bits per heavy atom. The molecule has 0 aliphatic heterocycles. The Bertz CT molecular complexity index is 210. The number of hydrogen-bond acceptors (Lipinski definition) is 2. The van der Waals surface area contributed by atoms with Crippen molar-refractivity contribution in [3.63, 3.8) is 0 Å². The van der Waals surface area contributed by atoms with E-state index in [0.717, 1.165) is 12.6 Å². The molecule has 0 spiro atoms. The molecule has 2 nitrogen and oxygen atoms in total. The van der Waals surface area contributed by atoms with Gasteiger partial charge in [-0.15, -0.1) is 0 Å². The Labute approximate surface area is 65.0 Å². The number of rotatable bonds is 3. The van der Waals surface area contributed by atoms with E-state index < -0.39 is 0 Å². The summed E-state index contributed by atoms with van der Waals surface area (Å²) < 4.78 is 17.4. The minimum atomic E-state index is -0.339. The van der Waals surface area contributed by atoms with Crippen molar-refractivity contribution >= 4 is 0 Å². The van der Waals surface area contributed by atoms with Crippen LogP contribution in [0.15, 0.2) is 18.3 Å². The predicted molar refractivity (Wildman–Crippen MR) is 40.0 cm³/mol. The van der Waals surface area contributed by atoms with E-state index >= 15 is 0 Å². The molecule has 0 aromatic carbocycles. The standard InChI is InChI=1S/C8H10FNO/c1-2-5-11-8-4-3-7(9)6-10-8/h3-4,6H,2,5H2,1H3. The average Bonchev–Trinajstić information content (AvgIpc) is 2.04. The molecule has 1 rings (SSSR count). The first kappa shape index (κ1) is 7.98. The van der Waals surface area contributed by atoms with Crippen LogP contribution >= 0.6 is 0 Å². The smallest absolute Gasteiger partial charge is 0.213 e. The fourth-order valence-electron chi connectivity index (χ4n) is 0.654. The molecular weight excluding hydrogens is 145 g/mol. The quantitative estimate of drug-likeness (QED) is 0.666. The maximum Gasteiger partial charge on any atom is 0.213 e. The van der Waals surface area contributed by atoms with E-state index in [1.807, 2.05) is 6.92 Å². The second kappa shape index (κ2) is 3.91. The lowest BCUT2D eigenvalue weighted by Crippen LogP contribution is -1.96. The minimum absolute atomic E-state index is 0.339. The minimum Gasteiger partial charge on any atom is -0.478 e. The number of aromatic nitrogens is 1. The van der Waals surface area contributed by atoms with Gasteiger partial charge in [0.1, 0.15) is 5.82 Å². The molecule has 0 saturated carbocycles. The molecule has 1 aromatic heterocycles. The fraction of sp³-hybridized carbons (Fsp3) is 0.375. The highest BCUT2D eigenvalue weighted by molar-refractivity contribution is 5.10. The number of pyridine rings is 1. The van der Waals surface area contributed by atoms with Gasteiger partial charge in [0.25, 0.3) is 0 Å². The summed E-state index contributed by atoms with van der Waals surface area (Å²) in [6, 6.07) is 2.85. The second-order valence-corrected chi connectivity index (χ2v) is 2.16. The van der Waals surface area contributed by atoms with Crippen LogP contribution in [0.3, 0.4) is 0 Å². The first-order valence-corrected chi connectivity index (χ1v) is 3.57. The maximum absolute atomic E-state index is 12.3. The van der Waals surface area contributed by atoms with Crippen molar-refractivity contribution < 1.29 is 9.13 Å². The molecule has 0 unspecified atom stereocenters. The molecular formula is C8H10FNO. The van der Waals surface area contributed by atoms with Crippen LogP contribution in [-0.2, 0) is 0 Å². The van der Waals surface area contributed by atoms with Gasteiger partial charge in [-0.1, -0.05) is 6.92 Å². The molecule has 60 valence electrons. The van der Waals surface area contributed by atoms with Gasteiger partial charge >= 0.3 is 0 Å². The van der Waals surface area contributed by atoms with Crippen LogP contribution in [0.25, 0.3) is 0 Å². The molecule has 0 aliphatic carbocycles. The van der Waals surface area contributed by atoms with Gasteiger partial charge in [-0.05, 0) is 12.5 Å². The molecule has 11 heavy (non-hydrogen) atoms. The van der Waals surface area contributed by atoms with Gasteiger partial charge in [-0.25, -0.2) is 9.37 Å². The number of hydrogen-bond donors (Lipinski definition) is 0. The Balaban J connectivity index is 2.52. The van der Waals surface area contributed by atoms with E-state index in [-0.39, 0.29) is 5.82 Å². The molecule has 0 fully saturated rings. The van der Waals surface area contributed by atoms with Crippen LogP contribution in [0.5, 0.6) is 5.88 Å². The van der Waals surface area contributed by atoms with Crippen molar-refractivity contribution in [1.82, 2.24) is 4.98 Å². The highest BCUT2D eigenvalue weighted by Gasteiger charge is 1.93. The van der Waals surface area contributed by atoms with E-state index in [9.17, 15) is 4.39 Å². The summed E-state index contributed by atoms with van der Waals surface area (Å²) >= 11 is 0. The van der Waals surface area contributed by atoms with Crippen LogP contribution in [0, 0.1) is 5.82 Å². The third kappa shape index (κ3) is 2.53. The summed E-state index contributed by atoms with van der Waals surface area (Å²) in [6.45, 7) is 2.63. The summed E-state index contributed by atoms with van der Waals surface area (Å²) in [5, 5.41) is 0. The molecule has 3 heteroatoms. The topological polar surface area (TPSA) is 22.1 Å². The molecule has 1 heterocycles. The zero-order valence-electron chi connectivity index (χ0n) is 6.38. The van der Waals surface area contributed by atoms with Gasteiger partial charge in [0.2, 0.25) is 5.88 Å². The van der Waals surface area contributed by atoms with Gasteiger partial charge in [-0.3, -0.25) is 0 Å². The molecule has 0 amide bonds. The second-order valence-electron chi connectivity index (χ2n) is 2.16. The lowest BCUT2D eigenvalue weighted by atomic mass is 10.5. The third-order valence-electron chi connectivity index (χ3n) is 1.15. The Hall–Kier alpha value is -1.12. The first-order valence-electron chi connectivity index (χ1n) is 3.57. The van der Waals surface area contributed by atoms with Crippen molar-refractivity contribution in [2.24, 2.45) is 0 Å². The van der Waals surface area contributed by atoms with Gasteiger partial charge in [0.15, 0.2) is 0 Å². The summed E-state index contributed by atoms with van der Waals surface area (Å²) in [5.74, 6) is 0.141. The van der Waals surface area contributed by atoms with Crippen LogP contribution in [0.2, 0.25) is 0 Å². The molecule has 1 aromatic rings. The van der Waals surface area contributed by atoms with Crippen molar-refractivity contribution in [3.05, 3.63) is 24.1 Å². The molecule has 0 saturated heterocycles. The highest BCUT2D eigenvalue weighted by atomic mass is 19.1. The van der Waals surface area contributed by atoms with Gasteiger partial charge < -0.3 is 4.74 Å². The summed E-state index contributed by atoms with van der Waals surface area (Å²) in [5.41, 5.74) is 0. The Morgan fingerprint density at radius 1 is 1.55 bits per heavy atom. The lowest BCUT2D eigenvalue weighted by molar-refractivity contribution is 0.304. The van der Waals surface area contributed by atoms with Crippen molar-refractivity contribution in [2.75, 3.05) is 6.61 Å². The Kier molecular flexibility index (Phi) is 2.83. The zero-order valence-corrected chi connectivity index (χ0v) is 6.38. The van der Waals surface area contributed by atoms with E-state index in [4.69, 9.17) is 4.74 Å². The summed E-state index contributed by atoms with van der Waals surface area (Å²) in [4.78, 5) is 3.72. The van der Waals surface area contributed by atoms with Crippen LogP contribution in [0.1, 0.15) is 13.3 Å². The third-order valence-corrected chi connectivity index (χ3v) is 1.15. The zero-order chi connectivity index (χ0) is 8.10. The summed E-state index contributed by atoms with van der Waals surface area (Å²) in [6.07, 6.45) is 2.07. The highest BCUT2D eigenvalue weighted by Crippen LogP contribution is 2.05. The van der Waals surface area contributed by atoms with Crippen LogP contribution in [0.4, 0.5) is 4.39 Å². The first-order chi connectivity index (χ1) is 5.33. The number of ether oxygens (including phenoxy) is 1. The molecule has 0 aliphatic rings. The monoisotopic (exact) mass is 155 g/mol. The van der Waals surface area contributed by atoms with Crippen LogP contribution in [-0.4, -0.2) is 11.6 Å².